The van der Waals surface area contributed by atoms with E-state index in [-0.39, 0.29) is 21.2 Å². The van der Waals surface area contributed by atoms with Gasteiger partial charge in [0.1, 0.15) is 21.9 Å². The zero-order chi connectivity index (χ0) is 22.0. The molecule has 1 N–H and O–H groups in total. The number of hydrogen-bond acceptors (Lipinski definition) is 6. The number of aryl methyl sites for hydroxylation is 1. The minimum Gasteiger partial charge on any atom is -0.465 e. The average Bonchev–Trinajstić information content (AvgIpc) is 3.03. The highest BCUT2D eigenvalue weighted by Gasteiger charge is 2.27. The Morgan fingerprint density at radius 3 is 2.47 bits per heavy atom. The van der Waals surface area contributed by atoms with E-state index in [0.717, 1.165) is 17.4 Å². The number of nitrogens with zero attached hydrogens (tertiary/aromatic N) is 1. The fourth-order valence-corrected chi connectivity index (χ4v) is 4.14. The second kappa shape index (κ2) is 8.60. The number of amides is 1. The summed E-state index contributed by atoms with van der Waals surface area (Å²) in [6.07, 6.45) is 0. The first kappa shape index (κ1) is 21.4. The van der Waals surface area contributed by atoms with Crippen LogP contribution >= 0.6 is 22.9 Å². The predicted octanol–water partition coefficient (Wildman–Crippen LogP) is 5.46. The fourth-order valence-electron chi connectivity index (χ4n) is 2.91. The van der Waals surface area contributed by atoms with Crippen molar-refractivity contribution in [1.29, 1.82) is 0 Å². The molecule has 0 bridgehead atoms. The predicted molar refractivity (Wildman–Crippen MR) is 112 cm³/mol. The molecule has 0 atom stereocenters. The maximum Gasteiger partial charge on any atom is 0.341 e. The minimum atomic E-state index is -0.782. The Bertz CT molecular complexity index is 1160. The quantitative estimate of drug-likeness (QED) is 0.317. The Morgan fingerprint density at radius 1 is 1.20 bits per heavy atom. The van der Waals surface area contributed by atoms with E-state index in [1.807, 2.05) is 0 Å². The summed E-state index contributed by atoms with van der Waals surface area (Å²) in [5.74, 6) is -1.93. The van der Waals surface area contributed by atoms with Gasteiger partial charge in [-0.25, -0.2) is 9.18 Å². The van der Waals surface area contributed by atoms with Crippen molar-refractivity contribution in [3.8, 4) is 11.1 Å². The van der Waals surface area contributed by atoms with Crippen molar-refractivity contribution in [3.63, 3.8) is 0 Å². The number of anilines is 1. The van der Waals surface area contributed by atoms with Crippen LogP contribution in [-0.4, -0.2) is 23.9 Å². The molecule has 30 heavy (non-hydrogen) atoms. The molecule has 0 aliphatic rings. The van der Waals surface area contributed by atoms with E-state index in [9.17, 15) is 24.1 Å². The highest BCUT2D eigenvalue weighted by Crippen LogP contribution is 2.41. The van der Waals surface area contributed by atoms with Crippen molar-refractivity contribution in [3.05, 3.63) is 79.4 Å². The molecule has 0 saturated carbocycles. The molecule has 3 aromatic rings. The summed E-state index contributed by atoms with van der Waals surface area (Å²) in [7, 11) is 1.19. The Labute approximate surface area is 179 Å². The molecular formula is C20H14ClFN2O5S. The minimum absolute atomic E-state index is 0.0802. The number of carbonyl (C=O) groups excluding carboxylic acids is 2. The Hall–Kier alpha value is -3.30. The van der Waals surface area contributed by atoms with Crippen molar-refractivity contribution in [2.24, 2.45) is 0 Å². The summed E-state index contributed by atoms with van der Waals surface area (Å²) in [6, 6.07) is 9.18. The highest BCUT2D eigenvalue weighted by molar-refractivity contribution is 7.17. The number of rotatable bonds is 5. The lowest BCUT2D eigenvalue weighted by Gasteiger charge is -2.09. The molecule has 1 amide bonds. The normalized spacial score (nSPS) is 10.5. The van der Waals surface area contributed by atoms with Crippen LogP contribution in [0.15, 0.2) is 42.5 Å². The highest BCUT2D eigenvalue weighted by atomic mass is 35.5. The molecule has 1 aromatic heterocycles. The summed E-state index contributed by atoms with van der Waals surface area (Å²) in [5, 5.41) is 14.1. The lowest BCUT2D eigenvalue weighted by atomic mass is 10.0. The molecule has 0 radical (unpaired) electrons. The van der Waals surface area contributed by atoms with Gasteiger partial charge in [0.25, 0.3) is 11.6 Å². The number of hydrogen-bond donors (Lipinski definition) is 1. The van der Waals surface area contributed by atoms with Crippen LogP contribution in [0.3, 0.4) is 0 Å². The molecule has 1 heterocycles. The first-order valence-corrected chi connectivity index (χ1v) is 9.65. The van der Waals surface area contributed by atoms with Crippen LogP contribution in [0.5, 0.6) is 0 Å². The molecule has 154 valence electrons. The number of carbonyl (C=O) groups is 2. The zero-order valence-corrected chi connectivity index (χ0v) is 17.3. The number of methoxy groups -OCH3 is 1. The van der Waals surface area contributed by atoms with Gasteiger partial charge in [-0.15, -0.1) is 11.3 Å². The van der Waals surface area contributed by atoms with Gasteiger partial charge in [0.15, 0.2) is 0 Å². The maximum atomic E-state index is 13.3. The summed E-state index contributed by atoms with van der Waals surface area (Å²) in [5.41, 5.74) is 0.439. The van der Waals surface area contributed by atoms with E-state index in [2.05, 4.69) is 5.32 Å². The lowest BCUT2D eigenvalue weighted by Crippen LogP contribution is -2.15. The van der Waals surface area contributed by atoms with Crippen molar-refractivity contribution < 1.29 is 23.6 Å². The van der Waals surface area contributed by atoms with Gasteiger partial charge in [-0.05, 0) is 36.8 Å². The number of benzene rings is 2. The maximum absolute atomic E-state index is 13.3. The van der Waals surface area contributed by atoms with Gasteiger partial charge in [0.05, 0.1) is 12.0 Å². The van der Waals surface area contributed by atoms with Crippen LogP contribution < -0.4 is 5.32 Å². The van der Waals surface area contributed by atoms with Crippen LogP contribution in [0.4, 0.5) is 15.1 Å². The molecule has 2 aromatic carbocycles. The molecule has 3 rings (SSSR count). The third-order valence-electron chi connectivity index (χ3n) is 4.23. The first-order valence-electron chi connectivity index (χ1n) is 8.45. The SMILES string of the molecule is COC(=O)c1c(NC(=O)c2ccc(Cl)cc2[N+](=O)[O-])sc(C)c1-c1ccc(F)cc1. The van der Waals surface area contributed by atoms with Gasteiger partial charge in [0, 0.05) is 21.5 Å². The largest absolute Gasteiger partial charge is 0.465 e. The van der Waals surface area contributed by atoms with Gasteiger partial charge in [-0.1, -0.05) is 23.7 Å². The van der Waals surface area contributed by atoms with Gasteiger partial charge < -0.3 is 10.1 Å². The smallest absolute Gasteiger partial charge is 0.341 e. The average molecular weight is 449 g/mol. The van der Waals surface area contributed by atoms with Crippen LogP contribution in [0.2, 0.25) is 5.02 Å². The van der Waals surface area contributed by atoms with Crippen LogP contribution in [-0.2, 0) is 4.74 Å². The zero-order valence-electron chi connectivity index (χ0n) is 15.7. The van der Waals surface area contributed by atoms with E-state index >= 15 is 0 Å². The molecule has 0 unspecified atom stereocenters. The first-order chi connectivity index (χ1) is 14.2. The van der Waals surface area contributed by atoms with Gasteiger partial charge in [-0.3, -0.25) is 14.9 Å². The van der Waals surface area contributed by atoms with Crippen molar-refractivity contribution in [2.75, 3.05) is 12.4 Å². The molecule has 7 nitrogen and oxygen atoms in total. The van der Waals surface area contributed by atoms with Crippen molar-refractivity contribution in [1.82, 2.24) is 0 Å². The van der Waals surface area contributed by atoms with E-state index in [0.29, 0.717) is 16.0 Å². The molecular weight excluding hydrogens is 435 g/mol. The van der Waals surface area contributed by atoms with E-state index in [1.165, 1.54) is 43.5 Å². The van der Waals surface area contributed by atoms with Crippen LogP contribution in [0.25, 0.3) is 11.1 Å². The van der Waals surface area contributed by atoms with E-state index in [1.54, 1.807) is 6.92 Å². The van der Waals surface area contributed by atoms with Gasteiger partial charge in [0.2, 0.25) is 0 Å². The number of esters is 1. The third kappa shape index (κ3) is 4.17. The number of nitro groups is 1. The molecule has 0 aliphatic heterocycles. The molecule has 0 aliphatic carbocycles. The number of ether oxygens (including phenoxy) is 1. The number of nitro benzene ring substituents is 1. The summed E-state index contributed by atoms with van der Waals surface area (Å²) in [6.45, 7) is 1.73. The fraction of sp³-hybridized carbons (Fsp3) is 0.100. The van der Waals surface area contributed by atoms with Gasteiger partial charge in [-0.2, -0.15) is 0 Å². The standard InChI is InChI=1S/C20H14ClFN2O5S/c1-10-16(11-3-6-13(22)7-4-11)17(20(26)29-2)19(30-10)23-18(25)14-8-5-12(21)9-15(14)24(27)28/h3-9H,1-2H3,(H,23,25). The van der Waals surface area contributed by atoms with Crippen molar-refractivity contribution in [2.45, 2.75) is 6.92 Å². The molecule has 0 spiro atoms. The molecule has 0 saturated heterocycles. The van der Waals surface area contributed by atoms with E-state index in [4.69, 9.17) is 16.3 Å². The number of thiophene rings is 1. The topological polar surface area (TPSA) is 98.5 Å². The second-order valence-corrected chi connectivity index (χ2v) is 7.77. The van der Waals surface area contributed by atoms with E-state index < -0.39 is 28.3 Å². The Balaban J connectivity index is 2.08. The number of halogens is 2. The molecule has 10 heteroatoms. The summed E-state index contributed by atoms with van der Waals surface area (Å²) >= 11 is 6.89. The second-order valence-electron chi connectivity index (χ2n) is 6.11. The Kier molecular flexibility index (Phi) is 6.14. The Morgan fingerprint density at radius 2 is 1.87 bits per heavy atom. The van der Waals surface area contributed by atoms with Crippen LogP contribution in [0.1, 0.15) is 25.6 Å². The molecule has 0 fully saturated rings. The third-order valence-corrected chi connectivity index (χ3v) is 5.49. The van der Waals surface area contributed by atoms with Gasteiger partial charge >= 0.3 is 5.97 Å². The van der Waals surface area contributed by atoms with Crippen molar-refractivity contribution >= 4 is 45.5 Å². The monoisotopic (exact) mass is 448 g/mol. The number of nitrogens with one attached hydrogen (secondary N) is 1. The summed E-state index contributed by atoms with van der Waals surface area (Å²) in [4.78, 5) is 36.5. The van der Waals surface area contributed by atoms with Crippen LogP contribution in [0, 0.1) is 22.9 Å². The lowest BCUT2D eigenvalue weighted by molar-refractivity contribution is -0.385. The summed E-state index contributed by atoms with van der Waals surface area (Å²) < 4.78 is 18.2.